The fourth-order valence-electron chi connectivity index (χ4n) is 3.65. The van der Waals surface area contributed by atoms with Gasteiger partial charge in [0.15, 0.2) is 11.5 Å². The lowest BCUT2D eigenvalue weighted by molar-refractivity contribution is -0.117. The van der Waals surface area contributed by atoms with Gasteiger partial charge in [0.2, 0.25) is 12.7 Å². The third-order valence-corrected chi connectivity index (χ3v) is 5.44. The van der Waals surface area contributed by atoms with Crippen LogP contribution < -0.4 is 20.1 Å². The Bertz CT molecular complexity index is 944. The van der Waals surface area contributed by atoms with Crippen molar-refractivity contribution in [3.05, 3.63) is 52.5 Å². The summed E-state index contributed by atoms with van der Waals surface area (Å²) in [6, 6.07) is 10.4. The molecule has 0 aliphatic carbocycles. The van der Waals surface area contributed by atoms with E-state index >= 15 is 0 Å². The summed E-state index contributed by atoms with van der Waals surface area (Å²) in [6.07, 6.45) is 3.44. The molecule has 2 aromatic rings. The van der Waals surface area contributed by atoms with E-state index in [0.29, 0.717) is 40.9 Å². The fourth-order valence-corrected chi connectivity index (χ4v) is 3.82. The molecule has 0 saturated carbocycles. The van der Waals surface area contributed by atoms with Gasteiger partial charge in [-0.05, 0) is 61.8 Å². The van der Waals surface area contributed by atoms with Crippen LogP contribution in [-0.2, 0) is 11.3 Å². The Labute approximate surface area is 180 Å². The van der Waals surface area contributed by atoms with Crippen LogP contribution in [0.15, 0.2) is 36.4 Å². The van der Waals surface area contributed by atoms with Gasteiger partial charge in [-0.2, -0.15) is 0 Å². The maximum absolute atomic E-state index is 12.8. The Hall–Kier alpha value is -2.77. The van der Waals surface area contributed by atoms with Crippen LogP contribution in [-0.4, -0.2) is 43.1 Å². The molecule has 2 amide bonds. The first-order valence-electron chi connectivity index (χ1n) is 10.1. The third kappa shape index (κ3) is 5.04. The third-order valence-electron chi connectivity index (χ3n) is 5.21. The van der Waals surface area contributed by atoms with E-state index in [4.69, 9.17) is 21.1 Å². The van der Waals surface area contributed by atoms with Crippen LogP contribution in [0.25, 0.3) is 0 Å². The first kappa shape index (κ1) is 20.5. The number of hydrogen-bond acceptors (Lipinski definition) is 5. The van der Waals surface area contributed by atoms with Crippen molar-refractivity contribution in [3.63, 3.8) is 0 Å². The van der Waals surface area contributed by atoms with Gasteiger partial charge in [-0.15, -0.1) is 0 Å². The lowest BCUT2D eigenvalue weighted by Gasteiger charge is -2.25. The Morgan fingerprint density at radius 1 is 1.00 bits per heavy atom. The molecule has 1 saturated heterocycles. The normalized spacial score (nSPS) is 15.6. The molecule has 0 bridgehead atoms. The van der Waals surface area contributed by atoms with Crippen molar-refractivity contribution in [3.8, 4) is 11.5 Å². The van der Waals surface area contributed by atoms with Crippen molar-refractivity contribution in [1.29, 1.82) is 0 Å². The van der Waals surface area contributed by atoms with Crippen molar-refractivity contribution >= 4 is 29.1 Å². The van der Waals surface area contributed by atoms with Crippen LogP contribution in [0.5, 0.6) is 11.5 Å². The summed E-state index contributed by atoms with van der Waals surface area (Å²) in [5, 5.41) is 6.16. The lowest BCUT2D eigenvalue weighted by atomic mass is 10.1. The molecule has 2 aliphatic rings. The molecule has 158 valence electrons. The zero-order valence-corrected chi connectivity index (χ0v) is 17.3. The van der Waals surface area contributed by atoms with E-state index in [1.54, 1.807) is 18.2 Å². The minimum absolute atomic E-state index is 0.135. The molecule has 0 atom stereocenters. The largest absolute Gasteiger partial charge is 0.454 e. The number of hydrogen-bond donors (Lipinski definition) is 2. The molecule has 0 aromatic heterocycles. The van der Waals surface area contributed by atoms with Crippen LogP contribution in [0.1, 0.15) is 35.2 Å². The molecule has 1 fully saturated rings. The summed E-state index contributed by atoms with van der Waals surface area (Å²) in [5.74, 6) is 0.904. The highest BCUT2D eigenvalue weighted by molar-refractivity contribution is 6.31. The molecule has 0 spiro atoms. The topological polar surface area (TPSA) is 79.9 Å². The number of piperidine rings is 1. The molecule has 2 N–H and O–H groups in total. The SMILES string of the molecule is O=C(CN1CCCCC1)Nc1ccc(Cl)cc1C(=O)NCc1ccc2c(c1)OCO2. The number of rotatable bonds is 6. The van der Waals surface area contributed by atoms with Gasteiger partial charge in [0.1, 0.15) is 0 Å². The van der Waals surface area contributed by atoms with Gasteiger partial charge in [0, 0.05) is 11.6 Å². The minimum atomic E-state index is -0.316. The van der Waals surface area contributed by atoms with Gasteiger partial charge >= 0.3 is 0 Å². The number of benzene rings is 2. The minimum Gasteiger partial charge on any atom is -0.454 e. The second kappa shape index (κ2) is 9.36. The van der Waals surface area contributed by atoms with Crippen molar-refractivity contribution in [2.75, 3.05) is 31.7 Å². The van der Waals surface area contributed by atoms with Crippen LogP contribution in [0.2, 0.25) is 5.02 Å². The van der Waals surface area contributed by atoms with Crippen molar-refractivity contribution in [1.82, 2.24) is 10.2 Å². The van der Waals surface area contributed by atoms with Gasteiger partial charge in [-0.3, -0.25) is 14.5 Å². The summed E-state index contributed by atoms with van der Waals surface area (Å²) in [7, 11) is 0. The van der Waals surface area contributed by atoms with E-state index in [2.05, 4.69) is 15.5 Å². The highest BCUT2D eigenvalue weighted by Crippen LogP contribution is 2.32. The van der Waals surface area contributed by atoms with E-state index in [1.165, 1.54) is 6.42 Å². The average molecular weight is 430 g/mol. The second-order valence-corrected chi connectivity index (χ2v) is 7.88. The number of likely N-dealkylation sites (tertiary alicyclic amines) is 1. The highest BCUT2D eigenvalue weighted by Gasteiger charge is 2.18. The predicted octanol–water partition coefficient (Wildman–Crippen LogP) is 3.42. The average Bonchev–Trinajstić information content (AvgIpc) is 3.22. The Kier molecular flexibility index (Phi) is 6.40. The number of halogens is 1. The highest BCUT2D eigenvalue weighted by atomic mass is 35.5. The van der Waals surface area contributed by atoms with Gasteiger partial charge < -0.3 is 20.1 Å². The summed E-state index contributed by atoms with van der Waals surface area (Å²) in [5.41, 5.74) is 1.66. The van der Waals surface area contributed by atoms with E-state index in [-0.39, 0.29) is 18.6 Å². The maximum atomic E-state index is 12.8. The molecule has 0 unspecified atom stereocenters. The molecular weight excluding hydrogens is 406 g/mol. The maximum Gasteiger partial charge on any atom is 0.253 e. The van der Waals surface area contributed by atoms with Crippen molar-refractivity contribution in [2.24, 2.45) is 0 Å². The van der Waals surface area contributed by atoms with E-state index in [9.17, 15) is 9.59 Å². The van der Waals surface area contributed by atoms with Gasteiger partial charge in [0.05, 0.1) is 17.8 Å². The molecule has 8 heteroatoms. The summed E-state index contributed by atoms with van der Waals surface area (Å²) < 4.78 is 10.7. The quantitative estimate of drug-likeness (QED) is 0.735. The Balaban J connectivity index is 1.40. The second-order valence-electron chi connectivity index (χ2n) is 7.45. The smallest absolute Gasteiger partial charge is 0.253 e. The van der Waals surface area contributed by atoms with Crippen LogP contribution in [0.4, 0.5) is 5.69 Å². The number of anilines is 1. The number of ether oxygens (including phenoxy) is 2. The predicted molar refractivity (Wildman–Crippen MR) is 114 cm³/mol. The van der Waals surface area contributed by atoms with E-state index < -0.39 is 0 Å². The zero-order valence-electron chi connectivity index (χ0n) is 16.6. The molecule has 4 rings (SSSR count). The standard InChI is InChI=1S/C22H24ClN3O4/c23-16-5-6-18(25-21(27)13-26-8-2-1-3-9-26)17(11-16)22(28)24-12-15-4-7-19-20(10-15)30-14-29-19/h4-7,10-11H,1-3,8-9,12-14H2,(H,24,28)(H,25,27). The van der Waals surface area contributed by atoms with E-state index in [0.717, 1.165) is 31.5 Å². The zero-order chi connectivity index (χ0) is 20.9. The number of carbonyl (C=O) groups excluding carboxylic acids is 2. The van der Waals surface area contributed by atoms with Crippen LogP contribution in [0, 0.1) is 0 Å². The molecule has 2 aromatic carbocycles. The van der Waals surface area contributed by atoms with Crippen molar-refractivity contribution < 1.29 is 19.1 Å². The number of carbonyl (C=O) groups is 2. The lowest BCUT2D eigenvalue weighted by Crippen LogP contribution is -2.37. The summed E-state index contributed by atoms with van der Waals surface area (Å²) in [6.45, 7) is 2.69. The number of nitrogens with one attached hydrogen (secondary N) is 2. The summed E-state index contributed by atoms with van der Waals surface area (Å²) >= 11 is 6.10. The van der Waals surface area contributed by atoms with Gasteiger partial charge in [-0.25, -0.2) is 0 Å². The van der Waals surface area contributed by atoms with Crippen LogP contribution >= 0.6 is 11.6 Å². The first-order valence-corrected chi connectivity index (χ1v) is 10.4. The van der Waals surface area contributed by atoms with Crippen molar-refractivity contribution in [2.45, 2.75) is 25.8 Å². The van der Waals surface area contributed by atoms with E-state index in [1.807, 2.05) is 18.2 Å². The molecule has 2 heterocycles. The monoisotopic (exact) mass is 429 g/mol. The number of nitrogens with zero attached hydrogens (tertiary/aromatic N) is 1. The summed E-state index contributed by atoms with van der Waals surface area (Å²) in [4.78, 5) is 27.4. The fraction of sp³-hybridized carbons (Fsp3) is 0.364. The van der Waals surface area contributed by atoms with Crippen LogP contribution in [0.3, 0.4) is 0 Å². The molecule has 7 nitrogen and oxygen atoms in total. The Morgan fingerprint density at radius 3 is 2.63 bits per heavy atom. The molecule has 2 aliphatic heterocycles. The first-order chi connectivity index (χ1) is 14.6. The number of fused-ring (bicyclic) bond motifs is 1. The molecule has 0 radical (unpaired) electrons. The Morgan fingerprint density at radius 2 is 1.80 bits per heavy atom. The number of amides is 2. The molecule has 30 heavy (non-hydrogen) atoms. The molecular formula is C22H24ClN3O4. The van der Waals surface area contributed by atoms with Gasteiger partial charge in [0.25, 0.3) is 5.91 Å². The van der Waals surface area contributed by atoms with Gasteiger partial charge in [-0.1, -0.05) is 24.1 Å².